The molecule has 1 aromatic carbocycles. The minimum absolute atomic E-state index is 0.629. The van der Waals surface area contributed by atoms with Gasteiger partial charge in [-0.3, -0.25) is 0 Å². The maximum atomic E-state index is 5.67. The molecule has 0 unspecified atom stereocenters. The van der Waals surface area contributed by atoms with Crippen molar-refractivity contribution in [3.05, 3.63) is 41.7 Å². The van der Waals surface area contributed by atoms with Gasteiger partial charge in [0.05, 0.1) is 13.7 Å². The fourth-order valence-electron chi connectivity index (χ4n) is 2.34. The summed E-state index contributed by atoms with van der Waals surface area (Å²) in [6.07, 6.45) is 0.961. The van der Waals surface area contributed by atoms with Crippen molar-refractivity contribution < 1.29 is 9.47 Å². The molecule has 0 radical (unpaired) electrons. The molecule has 0 amide bonds. The van der Waals surface area contributed by atoms with E-state index in [0.717, 1.165) is 40.8 Å². The topological polar surface area (TPSA) is 73.6 Å². The van der Waals surface area contributed by atoms with Crippen molar-refractivity contribution in [2.24, 2.45) is 0 Å². The van der Waals surface area contributed by atoms with Crippen molar-refractivity contribution in [1.29, 1.82) is 0 Å². The molecular formula is C17H21N5O2. The molecule has 3 aromatic rings. The number of nitrogens with zero attached hydrogens (tertiary/aromatic N) is 4. The molecule has 0 atom stereocenters. The number of aromatic nitrogens is 4. The third kappa shape index (κ3) is 3.40. The Hall–Kier alpha value is -2.83. The lowest BCUT2D eigenvalue weighted by atomic mass is 10.2. The normalized spacial score (nSPS) is 10.8. The number of hydrogen-bond donors (Lipinski definition) is 1. The van der Waals surface area contributed by atoms with Gasteiger partial charge in [-0.1, -0.05) is 13.0 Å². The number of aryl methyl sites for hydroxylation is 1. The Kier molecular flexibility index (Phi) is 4.79. The molecule has 0 aliphatic carbocycles. The predicted molar refractivity (Wildman–Crippen MR) is 91.6 cm³/mol. The molecule has 2 aromatic heterocycles. The number of rotatable bonds is 7. The van der Waals surface area contributed by atoms with Gasteiger partial charge in [-0.25, -0.2) is 0 Å². The summed E-state index contributed by atoms with van der Waals surface area (Å²) >= 11 is 0. The van der Waals surface area contributed by atoms with Crippen LogP contribution in [0.1, 0.15) is 24.7 Å². The summed E-state index contributed by atoms with van der Waals surface area (Å²) in [7, 11) is 1.65. The maximum Gasteiger partial charge on any atom is 0.178 e. The summed E-state index contributed by atoms with van der Waals surface area (Å²) in [4.78, 5) is 0. The third-order valence-electron chi connectivity index (χ3n) is 3.58. The molecule has 0 spiro atoms. The molecule has 0 bridgehead atoms. The lowest BCUT2D eigenvalue weighted by Crippen LogP contribution is -2.05. The summed E-state index contributed by atoms with van der Waals surface area (Å²) in [5, 5.41) is 15.8. The van der Waals surface area contributed by atoms with E-state index in [4.69, 9.17) is 9.47 Å². The highest BCUT2D eigenvalue weighted by atomic mass is 16.5. The molecule has 7 nitrogen and oxygen atoms in total. The molecule has 0 aliphatic rings. The second-order valence-electron chi connectivity index (χ2n) is 5.42. The van der Waals surface area contributed by atoms with E-state index in [1.807, 2.05) is 37.3 Å². The predicted octanol–water partition coefficient (Wildman–Crippen LogP) is 2.84. The summed E-state index contributed by atoms with van der Waals surface area (Å²) in [5.74, 6) is 3.02. The Labute approximate surface area is 140 Å². The zero-order valence-corrected chi connectivity index (χ0v) is 14.1. The first-order valence-electron chi connectivity index (χ1n) is 7.94. The van der Waals surface area contributed by atoms with Gasteiger partial charge in [-0.05, 0) is 43.2 Å². The number of nitrogens with one attached hydrogen (secondary N) is 1. The average molecular weight is 327 g/mol. The second kappa shape index (κ2) is 7.16. The zero-order chi connectivity index (χ0) is 16.9. The molecule has 0 saturated carbocycles. The number of hydrogen-bond acceptors (Lipinski definition) is 6. The van der Waals surface area contributed by atoms with E-state index in [1.165, 1.54) is 0 Å². The van der Waals surface area contributed by atoms with Crippen LogP contribution in [-0.2, 0) is 6.54 Å². The Morgan fingerprint density at radius 3 is 2.79 bits per heavy atom. The first-order chi connectivity index (χ1) is 11.7. The van der Waals surface area contributed by atoms with Gasteiger partial charge in [0.2, 0.25) is 0 Å². The Morgan fingerprint density at radius 2 is 2.00 bits per heavy atom. The Bertz CT molecular complexity index is 831. The molecular weight excluding hydrogens is 306 g/mol. The fraction of sp³-hybridized carbons (Fsp3) is 0.353. The number of ether oxygens (including phenoxy) is 2. The highest BCUT2D eigenvalue weighted by Gasteiger charge is 2.07. The van der Waals surface area contributed by atoms with Crippen molar-refractivity contribution in [2.45, 2.75) is 26.8 Å². The minimum atomic E-state index is 0.629. The standard InChI is InChI=1S/C17H21N5O2/c1-4-9-24-14-6-5-13(10-15(14)23-3)11-18-16-7-8-17-20-19-12(2)22(17)21-16/h5-8,10H,4,9,11H2,1-3H3,(H,18,21). The smallest absolute Gasteiger partial charge is 0.178 e. The van der Waals surface area contributed by atoms with Crippen LogP contribution in [0.15, 0.2) is 30.3 Å². The van der Waals surface area contributed by atoms with E-state index < -0.39 is 0 Å². The van der Waals surface area contributed by atoms with Gasteiger partial charge in [0.1, 0.15) is 5.82 Å². The number of benzene rings is 1. The van der Waals surface area contributed by atoms with Crippen LogP contribution in [0.3, 0.4) is 0 Å². The monoisotopic (exact) mass is 327 g/mol. The van der Waals surface area contributed by atoms with Gasteiger partial charge >= 0.3 is 0 Å². The molecule has 0 fully saturated rings. The van der Waals surface area contributed by atoms with Crippen molar-refractivity contribution in [3.8, 4) is 11.5 Å². The summed E-state index contributed by atoms with van der Waals surface area (Å²) < 4.78 is 12.8. The van der Waals surface area contributed by atoms with E-state index in [1.54, 1.807) is 11.6 Å². The summed E-state index contributed by atoms with van der Waals surface area (Å²) in [6.45, 7) is 5.25. The minimum Gasteiger partial charge on any atom is -0.493 e. The van der Waals surface area contributed by atoms with Crippen LogP contribution >= 0.6 is 0 Å². The molecule has 2 heterocycles. The highest BCUT2D eigenvalue weighted by Crippen LogP contribution is 2.28. The summed E-state index contributed by atoms with van der Waals surface area (Å²) in [6, 6.07) is 9.70. The molecule has 24 heavy (non-hydrogen) atoms. The molecule has 0 aliphatic heterocycles. The van der Waals surface area contributed by atoms with Crippen LogP contribution in [0.5, 0.6) is 11.5 Å². The SMILES string of the molecule is CCCOc1ccc(CNc2ccc3nnc(C)n3n2)cc1OC. The Morgan fingerprint density at radius 1 is 1.12 bits per heavy atom. The lowest BCUT2D eigenvalue weighted by molar-refractivity contribution is 0.294. The third-order valence-corrected chi connectivity index (χ3v) is 3.58. The van der Waals surface area contributed by atoms with Crippen LogP contribution in [0.4, 0.5) is 5.82 Å². The zero-order valence-electron chi connectivity index (χ0n) is 14.1. The molecule has 7 heteroatoms. The van der Waals surface area contributed by atoms with Gasteiger partial charge in [-0.15, -0.1) is 15.3 Å². The van der Waals surface area contributed by atoms with Crippen molar-refractivity contribution in [2.75, 3.05) is 19.0 Å². The van der Waals surface area contributed by atoms with Crippen LogP contribution in [-0.4, -0.2) is 33.5 Å². The van der Waals surface area contributed by atoms with Crippen molar-refractivity contribution in [1.82, 2.24) is 19.8 Å². The van der Waals surface area contributed by atoms with Crippen molar-refractivity contribution in [3.63, 3.8) is 0 Å². The first kappa shape index (κ1) is 16.0. The molecule has 1 N–H and O–H groups in total. The fourth-order valence-corrected chi connectivity index (χ4v) is 2.34. The largest absolute Gasteiger partial charge is 0.493 e. The lowest BCUT2D eigenvalue weighted by Gasteiger charge is -2.12. The quantitative estimate of drug-likeness (QED) is 0.719. The van der Waals surface area contributed by atoms with Gasteiger partial charge in [0.25, 0.3) is 0 Å². The van der Waals surface area contributed by atoms with Crippen LogP contribution in [0, 0.1) is 6.92 Å². The van der Waals surface area contributed by atoms with E-state index >= 15 is 0 Å². The van der Waals surface area contributed by atoms with Crippen LogP contribution in [0.25, 0.3) is 5.65 Å². The van der Waals surface area contributed by atoms with Crippen molar-refractivity contribution >= 4 is 11.5 Å². The second-order valence-corrected chi connectivity index (χ2v) is 5.42. The van der Waals surface area contributed by atoms with E-state index in [2.05, 4.69) is 27.5 Å². The van der Waals surface area contributed by atoms with E-state index in [0.29, 0.717) is 13.2 Å². The Balaban J connectivity index is 1.71. The molecule has 126 valence electrons. The summed E-state index contributed by atoms with van der Waals surface area (Å²) in [5.41, 5.74) is 1.82. The number of anilines is 1. The van der Waals surface area contributed by atoms with Gasteiger partial charge in [-0.2, -0.15) is 4.52 Å². The highest BCUT2D eigenvalue weighted by molar-refractivity contribution is 5.46. The molecule has 0 saturated heterocycles. The first-order valence-corrected chi connectivity index (χ1v) is 7.94. The number of fused-ring (bicyclic) bond motifs is 1. The van der Waals surface area contributed by atoms with Crippen LogP contribution < -0.4 is 14.8 Å². The maximum absolute atomic E-state index is 5.67. The number of methoxy groups -OCH3 is 1. The molecule has 3 rings (SSSR count). The van der Waals surface area contributed by atoms with Gasteiger partial charge in [0.15, 0.2) is 23.0 Å². The average Bonchev–Trinajstić information content (AvgIpc) is 2.99. The van der Waals surface area contributed by atoms with Gasteiger partial charge < -0.3 is 14.8 Å². The van der Waals surface area contributed by atoms with Crippen LogP contribution in [0.2, 0.25) is 0 Å². The van der Waals surface area contributed by atoms with Gasteiger partial charge in [0, 0.05) is 6.54 Å². The van der Waals surface area contributed by atoms with E-state index in [9.17, 15) is 0 Å². The van der Waals surface area contributed by atoms with E-state index in [-0.39, 0.29) is 0 Å².